The molecule has 1 aliphatic heterocycles. The molecule has 1 aliphatic carbocycles. The number of piperazine rings is 1. The van der Waals surface area contributed by atoms with Crippen LogP contribution in [0.4, 0.5) is 0 Å². The van der Waals surface area contributed by atoms with Gasteiger partial charge in [-0.25, -0.2) is 4.68 Å². The Morgan fingerprint density at radius 1 is 1.00 bits per heavy atom. The molecule has 2 aromatic rings. The second-order valence-corrected chi connectivity index (χ2v) is 7.34. The molecule has 26 heavy (non-hydrogen) atoms. The predicted octanol–water partition coefficient (Wildman–Crippen LogP) is 1.87. The van der Waals surface area contributed by atoms with Crippen LogP contribution in [0.2, 0.25) is 0 Å². The maximum Gasteiger partial charge on any atom is 0.266 e. The summed E-state index contributed by atoms with van der Waals surface area (Å²) in [5.41, 5.74) is 1.69. The molecule has 0 atom stereocenters. The van der Waals surface area contributed by atoms with Crippen LogP contribution in [-0.4, -0.2) is 63.3 Å². The monoisotopic (exact) mass is 353 g/mol. The van der Waals surface area contributed by atoms with Crippen molar-refractivity contribution in [2.75, 3.05) is 32.7 Å². The summed E-state index contributed by atoms with van der Waals surface area (Å²) in [5.74, 6) is 0. The molecule has 3 heterocycles. The summed E-state index contributed by atoms with van der Waals surface area (Å²) in [6.07, 6.45) is 9.06. The highest BCUT2D eigenvalue weighted by molar-refractivity contribution is 5.56. The molecule has 4 rings (SSSR count). The zero-order chi connectivity index (χ0) is 17.8. The Morgan fingerprint density at radius 2 is 1.81 bits per heavy atom. The van der Waals surface area contributed by atoms with Crippen molar-refractivity contribution in [1.29, 1.82) is 0 Å². The lowest BCUT2D eigenvalue weighted by Crippen LogP contribution is -2.50. The largest absolute Gasteiger partial charge is 0.299 e. The lowest BCUT2D eigenvalue weighted by Gasteiger charge is -2.38. The van der Waals surface area contributed by atoms with Crippen LogP contribution >= 0.6 is 0 Å². The van der Waals surface area contributed by atoms with Crippen LogP contribution in [0.15, 0.2) is 41.5 Å². The average Bonchev–Trinajstić information content (AvgIpc) is 3.23. The first-order chi connectivity index (χ1) is 12.8. The summed E-state index contributed by atoms with van der Waals surface area (Å²) in [5, 5.41) is 4.53. The van der Waals surface area contributed by atoms with Gasteiger partial charge in [-0.2, -0.15) is 5.10 Å². The van der Waals surface area contributed by atoms with Crippen molar-refractivity contribution in [1.82, 2.24) is 24.6 Å². The van der Waals surface area contributed by atoms with Crippen molar-refractivity contribution in [2.24, 2.45) is 0 Å². The number of hydrogen-bond donors (Lipinski definition) is 0. The Balaban J connectivity index is 1.34. The number of rotatable bonds is 5. The van der Waals surface area contributed by atoms with Gasteiger partial charge in [0.15, 0.2) is 0 Å². The predicted molar refractivity (Wildman–Crippen MR) is 102 cm³/mol. The van der Waals surface area contributed by atoms with E-state index < -0.39 is 0 Å². The summed E-state index contributed by atoms with van der Waals surface area (Å²) >= 11 is 0. The van der Waals surface area contributed by atoms with Crippen molar-refractivity contribution >= 4 is 0 Å². The van der Waals surface area contributed by atoms with Crippen molar-refractivity contribution < 1.29 is 0 Å². The van der Waals surface area contributed by atoms with Gasteiger partial charge in [0.25, 0.3) is 5.56 Å². The van der Waals surface area contributed by atoms with E-state index in [1.807, 2.05) is 12.1 Å². The van der Waals surface area contributed by atoms with Gasteiger partial charge in [-0.05, 0) is 31.0 Å². The maximum atomic E-state index is 12.2. The summed E-state index contributed by atoms with van der Waals surface area (Å²) < 4.78 is 1.59. The van der Waals surface area contributed by atoms with Gasteiger partial charge < -0.3 is 0 Å². The van der Waals surface area contributed by atoms with E-state index in [1.54, 1.807) is 29.2 Å². The third-order valence-corrected chi connectivity index (χ3v) is 5.70. The molecule has 2 aliphatic rings. The molecule has 0 spiro atoms. The van der Waals surface area contributed by atoms with E-state index >= 15 is 0 Å². The number of hydrogen-bond acceptors (Lipinski definition) is 5. The molecule has 0 aromatic carbocycles. The first-order valence-electron chi connectivity index (χ1n) is 9.74. The van der Waals surface area contributed by atoms with Crippen LogP contribution in [0.5, 0.6) is 0 Å². The van der Waals surface area contributed by atoms with E-state index in [9.17, 15) is 4.79 Å². The minimum absolute atomic E-state index is 0.0396. The van der Waals surface area contributed by atoms with Crippen LogP contribution in [-0.2, 0) is 6.54 Å². The third-order valence-electron chi connectivity index (χ3n) is 5.70. The van der Waals surface area contributed by atoms with Crippen molar-refractivity contribution in [3.05, 3.63) is 47.0 Å². The standard InChI is InChI=1S/C20H27N5O/c26-20-8-7-19(17-4-3-9-21-16-17)22-25(20)15-12-23-10-13-24(14-11-23)18-5-1-2-6-18/h3-4,7-9,16,18H,1-2,5-6,10-15H2. The average molecular weight is 353 g/mol. The van der Waals surface area contributed by atoms with Gasteiger partial charge in [0.1, 0.15) is 0 Å². The van der Waals surface area contributed by atoms with Gasteiger partial charge >= 0.3 is 0 Å². The van der Waals surface area contributed by atoms with Crippen molar-refractivity contribution in [3.63, 3.8) is 0 Å². The second kappa shape index (κ2) is 8.10. The van der Waals surface area contributed by atoms with E-state index in [0.29, 0.717) is 6.54 Å². The summed E-state index contributed by atoms with van der Waals surface area (Å²) in [7, 11) is 0. The first-order valence-corrected chi connectivity index (χ1v) is 9.74. The van der Waals surface area contributed by atoms with Crippen molar-refractivity contribution in [3.8, 4) is 11.3 Å². The molecule has 0 bridgehead atoms. The summed E-state index contributed by atoms with van der Waals surface area (Å²) in [6.45, 7) is 6.00. The summed E-state index contributed by atoms with van der Waals surface area (Å²) in [4.78, 5) is 21.4. The molecular weight excluding hydrogens is 326 g/mol. The molecule has 0 N–H and O–H groups in total. The Kier molecular flexibility index (Phi) is 5.41. The molecule has 2 fully saturated rings. The maximum absolute atomic E-state index is 12.2. The lowest BCUT2D eigenvalue weighted by atomic mass is 10.2. The van der Waals surface area contributed by atoms with E-state index in [-0.39, 0.29) is 5.56 Å². The highest BCUT2D eigenvalue weighted by Gasteiger charge is 2.25. The fraction of sp³-hybridized carbons (Fsp3) is 0.550. The molecule has 0 radical (unpaired) electrons. The van der Waals surface area contributed by atoms with Gasteiger partial charge in [-0.15, -0.1) is 0 Å². The lowest BCUT2D eigenvalue weighted by molar-refractivity contribution is 0.0948. The highest BCUT2D eigenvalue weighted by Crippen LogP contribution is 2.24. The fourth-order valence-electron chi connectivity index (χ4n) is 4.13. The molecule has 6 heteroatoms. The molecule has 138 valence electrons. The summed E-state index contributed by atoms with van der Waals surface area (Å²) in [6, 6.07) is 8.05. The zero-order valence-corrected chi connectivity index (χ0v) is 15.3. The minimum atomic E-state index is -0.0396. The minimum Gasteiger partial charge on any atom is -0.299 e. The number of nitrogens with zero attached hydrogens (tertiary/aromatic N) is 5. The SMILES string of the molecule is O=c1ccc(-c2cccnc2)nn1CCN1CCN(C2CCCC2)CC1. The van der Waals surface area contributed by atoms with Crippen LogP contribution in [0.25, 0.3) is 11.3 Å². The molecule has 1 saturated heterocycles. The second-order valence-electron chi connectivity index (χ2n) is 7.34. The Bertz CT molecular complexity index is 761. The highest BCUT2D eigenvalue weighted by atomic mass is 16.1. The quantitative estimate of drug-likeness (QED) is 0.821. The van der Waals surface area contributed by atoms with Gasteiger partial charge in [-0.1, -0.05) is 12.8 Å². The van der Waals surface area contributed by atoms with E-state index in [2.05, 4.69) is 19.9 Å². The van der Waals surface area contributed by atoms with Gasteiger partial charge in [0.2, 0.25) is 0 Å². The van der Waals surface area contributed by atoms with E-state index in [1.165, 1.54) is 25.7 Å². The first kappa shape index (κ1) is 17.4. The normalized spacial score (nSPS) is 19.8. The van der Waals surface area contributed by atoms with Crippen LogP contribution in [0.1, 0.15) is 25.7 Å². The van der Waals surface area contributed by atoms with Gasteiger partial charge in [0.05, 0.1) is 12.2 Å². The molecule has 2 aromatic heterocycles. The topological polar surface area (TPSA) is 54.3 Å². The molecule has 1 saturated carbocycles. The third kappa shape index (κ3) is 4.02. The van der Waals surface area contributed by atoms with Crippen LogP contribution in [0, 0.1) is 0 Å². The molecule has 0 unspecified atom stereocenters. The Labute approximate surface area is 154 Å². The molecule has 0 amide bonds. The van der Waals surface area contributed by atoms with Crippen LogP contribution < -0.4 is 5.56 Å². The van der Waals surface area contributed by atoms with E-state index in [4.69, 9.17) is 0 Å². The fourth-order valence-corrected chi connectivity index (χ4v) is 4.13. The Hall–Kier alpha value is -2.05. The van der Waals surface area contributed by atoms with Gasteiger partial charge in [0, 0.05) is 62.8 Å². The number of pyridine rings is 1. The molecule has 6 nitrogen and oxygen atoms in total. The van der Waals surface area contributed by atoms with Crippen molar-refractivity contribution in [2.45, 2.75) is 38.3 Å². The Morgan fingerprint density at radius 3 is 2.54 bits per heavy atom. The van der Waals surface area contributed by atoms with Crippen LogP contribution in [0.3, 0.4) is 0 Å². The zero-order valence-electron chi connectivity index (χ0n) is 15.3. The van der Waals surface area contributed by atoms with E-state index in [0.717, 1.165) is 50.0 Å². The van der Waals surface area contributed by atoms with Gasteiger partial charge in [-0.3, -0.25) is 19.6 Å². The smallest absolute Gasteiger partial charge is 0.266 e. The number of aromatic nitrogens is 3. The molecular formula is C20H27N5O.